The lowest BCUT2D eigenvalue weighted by Crippen LogP contribution is -2.42. The van der Waals surface area contributed by atoms with E-state index in [1.165, 1.54) is 11.3 Å². The fourth-order valence-electron chi connectivity index (χ4n) is 3.82. The zero-order valence-corrected chi connectivity index (χ0v) is 17.1. The topological polar surface area (TPSA) is 53.9 Å². The smallest absolute Gasteiger partial charge is 0.407 e. The molecule has 1 saturated heterocycles. The van der Waals surface area contributed by atoms with Gasteiger partial charge in [0, 0.05) is 25.1 Å². The van der Waals surface area contributed by atoms with Crippen LogP contribution in [0.3, 0.4) is 0 Å². The normalized spacial score (nSPS) is 23.9. The number of nitrogens with one attached hydrogen (secondary N) is 1. The predicted octanol–water partition coefficient (Wildman–Crippen LogP) is 4.34. The van der Waals surface area contributed by atoms with E-state index in [-0.39, 0.29) is 29.7 Å². The summed E-state index contributed by atoms with van der Waals surface area (Å²) in [4.78, 5) is 19.5. The minimum absolute atomic E-state index is 0.0745. The molecule has 0 bridgehead atoms. The van der Waals surface area contributed by atoms with E-state index in [9.17, 15) is 4.79 Å². The number of rotatable bonds is 4. The summed E-state index contributed by atoms with van der Waals surface area (Å²) in [6.07, 6.45) is 1.33. The monoisotopic (exact) mass is 349 g/mol. The summed E-state index contributed by atoms with van der Waals surface area (Å²) in [7, 11) is 0. The molecule has 0 spiro atoms. The number of aliphatic imine (C=N–C) groups is 1. The Balaban J connectivity index is 2.31. The maximum absolute atomic E-state index is 12.0. The van der Waals surface area contributed by atoms with Crippen LogP contribution in [0.2, 0.25) is 0 Å². The first-order chi connectivity index (χ1) is 11.5. The number of hydrogen-bond donors (Lipinski definition) is 1. The molecular weight excluding hydrogens is 314 g/mol. The van der Waals surface area contributed by atoms with Crippen molar-refractivity contribution in [2.24, 2.45) is 16.3 Å². The van der Waals surface area contributed by atoms with Gasteiger partial charge < -0.3 is 15.0 Å². The number of carbonyl (C=O) groups is 1. The number of nitrogens with zero attached hydrogens (tertiary/aromatic N) is 2. The van der Waals surface area contributed by atoms with Gasteiger partial charge in [0.2, 0.25) is 0 Å². The lowest BCUT2D eigenvalue weighted by molar-refractivity contribution is 0.112. The summed E-state index contributed by atoms with van der Waals surface area (Å²) >= 11 is 0. The standard InChI is InChI=1S/C20H35N3O2/c1-9-16-22-18(20(6,7)8)17(12(2)3)15-10-14(11-23(15)16)21-19(24)25-13(4)5/h12-14,18H,9-11H2,1-8H3,(H,21,24)/t14-,18+/m0/s1. The van der Waals surface area contributed by atoms with Crippen LogP contribution in [0.4, 0.5) is 4.79 Å². The number of carbonyl (C=O) groups excluding carboxylic acids is 1. The van der Waals surface area contributed by atoms with Crippen LogP contribution < -0.4 is 5.32 Å². The lowest BCUT2D eigenvalue weighted by atomic mass is 9.77. The first-order valence-corrected chi connectivity index (χ1v) is 9.58. The molecule has 2 aliphatic rings. The fraction of sp³-hybridized carbons (Fsp3) is 0.800. The SMILES string of the molecule is CCC1=N[C@@H](C(C)(C)C)C(C(C)C)=C2C[C@H](NC(=O)OC(C)C)CN12. The summed E-state index contributed by atoms with van der Waals surface area (Å²) in [6, 6.07) is 0.278. The van der Waals surface area contributed by atoms with Gasteiger partial charge in [0.05, 0.1) is 18.2 Å². The van der Waals surface area contributed by atoms with Crippen molar-refractivity contribution >= 4 is 11.9 Å². The Morgan fingerprint density at radius 2 is 1.96 bits per heavy atom. The third-order valence-corrected chi connectivity index (χ3v) is 4.81. The molecule has 0 radical (unpaired) electrons. The lowest BCUT2D eigenvalue weighted by Gasteiger charge is -2.40. The zero-order valence-electron chi connectivity index (χ0n) is 17.1. The van der Waals surface area contributed by atoms with E-state index in [0.717, 1.165) is 25.2 Å². The third-order valence-electron chi connectivity index (χ3n) is 4.81. The molecule has 0 aromatic heterocycles. The van der Waals surface area contributed by atoms with Crippen LogP contribution in [0.15, 0.2) is 16.3 Å². The number of amides is 1. The summed E-state index contributed by atoms with van der Waals surface area (Å²) in [5.74, 6) is 1.58. The van der Waals surface area contributed by atoms with Gasteiger partial charge in [0.1, 0.15) is 5.84 Å². The maximum Gasteiger partial charge on any atom is 0.407 e. The molecule has 2 atom stereocenters. The average molecular weight is 350 g/mol. The average Bonchev–Trinajstić information content (AvgIpc) is 2.85. The van der Waals surface area contributed by atoms with Gasteiger partial charge in [-0.05, 0) is 30.8 Å². The predicted molar refractivity (Wildman–Crippen MR) is 103 cm³/mol. The first kappa shape index (κ1) is 19.8. The molecule has 2 heterocycles. The van der Waals surface area contributed by atoms with Crippen molar-refractivity contribution in [2.45, 2.75) is 86.4 Å². The highest BCUT2D eigenvalue weighted by Gasteiger charge is 2.41. The summed E-state index contributed by atoms with van der Waals surface area (Å²) in [5.41, 5.74) is 2.86. The van der Waals surface area contributed by atoms with Crippen LogP contribution in [0.5, 0.6) is 0 Å². The zero-order chi connectivity index (χ0) is 18.9. The fourth-order valence-corrected chi connectivity index (χ4v) is 3.82. The second-order valence-electron chi connectivity index (χ2n) is 8.83. The molecule has 1 N–H and O–H groups in total. The number of amidine groups is 1. The molecule has 2 rings (SSSR count). The maximum atomic E-state index is 12.0. The molecule has 0 aromatic carbocycles. The molecule has 142 valence electrons. The van der Waals surface area contributed by atoms with Gasteiger partial charge in [-0.25, -0.2) is 4.79 Å². The van der Waals surface area contributed by atoms with E-state index in [4.69, 9.17) is 9.73 Å². The second-order valence-corrected chi connectivity index (χ2v) is 8.83. The van der Waals surface area contributed by atoms with E-state index in [0.29, 0.717) is 5.92 Å². The Kier molecular flexibility index (Phi) is 5.85. The Bertz CT molecular complexity index is 570. The van der Waals surface area contributed by atoms with Gasteiger partial charge in [-0.2, -0.15) is 0 Å². The molecule has 0 unspecified atom stereocenters. The molecule has 5 nitrogen and oxygen atoms in total. The molecule has 1 amide bonds. The largest absolute Gasteiger partial charge is 0.447 e. The highest BCUT2D eigenvalue weighted by atomic mass is 16.6. The van der Waals surface area contributed by atoms with Crippen molar-refractivity contribution in [2.75, 3.05) is 6.54 Å². The summed E-state index contributed by atoms with van der Waals surface area (Å²) in [6.45, 7) is 18.0. The van der Waals surface area contributed by atoms with Crippen molar-refractivity contribution in [3.63, 3.8) is 0 Å². The molecule has 5 heteroatoms. The van der Waals surface area contributed by atoms with Gasteiger partial charge in [0.25, 0.3) is 0 Å². The van der Waals surface area contributed by atoms with Gasteiger partial charge in [-0.15, -0.1) is 0 Å². The van der Waals surface area contributed by atoms with E-state index in [1.807, 2.05) is 13.8 Å². The van der Waals surface area contributed by atoms with Gasteiger partial charge in [0.15, 0.2) is 0 Å². The van der Waals surface area contributed by atoms with Crippen LogP contribution in [0.1, 0.15) is 68.2 Å². The minimum atomic E-state index is -0.325. The minimum Gasteiger partial charge on any atom is -0.447 e. The van der Waals surface area contributed by atoms with Crippen LogP contribution >= 0.6 is 0 Å². The Labute approximate surface area is 152 Å². The molecule has 0 aliphatic carbocycles. The third kappa shape index (κ3) is 4.36. The second kappa shape index (κ2) is 7.38. The van der Waals surface area contributed by atoms with Gasteiger partial charge in [-0.1, -0.05) is 41.5 Å². The molecule has 1 fully saturated rings. The number of fused-ring (bicyclic) bond motifs is 1. The molecule has 0 aromatic rings. The summed E-state index contributed by atoms with van der Waals surface area (Å²) in [5, 5.41) is 3.03. The van der Waals surface area contributed by atoms with E-state index in [2.05, 4.69) is 51.8 Å². The molecule has 0 saturated carbocycles. The van der Waals surface area contributed by atoms with Crippen LogP contribution in [0, 0.1) is 11.3 Å². The molecular formula is C20H35N3O2. The van der Waals surface area contributed by atoms with Gasteiger partial charge >= 0.3 is 6.09 Å². The van der Waals surface area contributed by atoms with E-state index in [1.54, 1.807) is 0 Å². The van der Waals surface area contributed by atoms with Crippen molar-refractivity contribution in [1.29, 1.82) is 0 Å². The molecule has 25 heavy (non-hydrogen) atoms. The summed E-state index contributed by atoms with van der Waals surface area (Å²) < 4.78 is 5.25. The van der Waals surface area contributed by atoms with E-state index >= 15 is 0 Å². The van der Waals surface area contributed by atoms with Crippen molar-refractivity contribution in [3.8, 4) is 0 Å². The van der Waals surface area contributed by atoms with Crippen LogP contribution in [-0.4, -0.2) is 41.6 Å². The van der Waals surface area contributed by atoms with Crippen molar-refractivity contribution in [3.05, 3.63) is 11.3 Å². The number of alkyl carbamates (subject to hydrolysis) is 1. The van der Waals surface area contributed by atoms with E-state index < -0.39 is 0 Å². The Morgan fingerprint density at radius 1 is 1.32 bits per heavy atom. The Hall–Kier alpha value is -1.52. The quantitative estimate of drug-likeness (QED) is 0.821. The van der Waals surface area contributed by atoms with Crippen LogP contribution in [0.25, 0.3) is 0 Å². The molecule has 2 aliphatic heterocycles. The number of hydrogen-bond acceptors (Lipinski definition) is 4. The highest BCUT2D eigenvalue weighted by Crippen LogP contribution is 2.41. The van der Waals surface area contributed by atoms with Crippen molar-refractivity contribution in [1.82, 2.24) is 10.2 Å². The Morgan fingerprint density at radius 3 is 2.44 bits per heavy atom. The first-order valence-electron chi connectivity index (χ1n) is 9.58. The number of ether oxygens (including phenoxy) is 1. The highest BCUT2D eigenvalue weighted by molar-refractivity contribution is 5.86. The van der Waals surface area contributed by atoms with Gasteiger partial charge in [-0.3, -0.25) is 4.99 Å². The van der Waals surface area contributed by atoms with Crippen molar-refractivity contribution < 1.29 is 9.53 Å². The van der Waals surface area contributed by atoms with Crippen LogP contribution in [-0.2, 0) is 4.74 Å².